The summed E-state index contributed by atoms with van der Waals surface area (Å²) in [6, 6.07) is 11.5. The number of hydrogen-bond donors (Lipinski definition) is 2. The number of halogens is 1. The molecule has 0 aliphatic carbocycles. The molecule has 218 valence electrons. The van der Waals surface area contributed by atoms with Crippen molar-refractivity contribution in [2.75, 3.05) is 26.2 Å². The molecule has 4 aromatic rings. The van der Waals surface area contributed by atoms with Gasteiger partial charge in [0.05, 0.1) is 16.8 Å². The van der Waals surface area contributed by atoms with Gasteiger partial charge in [-0.15, -0.1) is 5.10 Å². The minimum absolute atomic E-state index is 0.159. The summed E-state index contributed by atoms with van der Waals surface area (Å²) in [5.74, 6) is 0.286. The Morgan fingerprint density at radius 3 is 2.71 bits per heavy atom. The van der Waals surface area contributed by atoms with Crippen molar-refractivity contribution in [1.29, 1.82) is 0 Å². The molecule has 1 aliphatic heterocycles. The zero-order valence-electron chi connectivity index (χ0n) is 23.7. The van der Waals surface area contributed by atoms with Crippen molar-refractivity contribution in [3.63, 3.8) is 0 Å². The minimum atomic E-state index is -3.56. The highest BCUT2D eigenvalue weighted by atomic mass is 32.2. The summed E-state index contributed by atoms with van der Waals surface area (Å²) in [5, 5.41) is 9.22. The minimum Gasteiger partial charge on any atom is -0.352 e. The maximum Gasteiger partial charge on any atom is 0.240 e. The number of benzene rings is 2. The highest BCUT2D eigenvalue weighted by molar-refractivity contribution is 7.89. The number of nitrogens with zero attached hydrogens (tertiary/aromatic N) is 4. The van der Waals surface area contributed by atoms with Crippen LogP contribution in [0.5, 0.6) is 0 Å². The molecule has 1 fully saturated rings. The number of carbonyl (C=O) groups excluding carboxylic acids is 1. The average molecular weight is 581 g/mol. The molecule has 2 N–H and O–H groups in total. The first kappa shape index (κ1) is 29.1. The second-order valence-corrected chi connectivity index (χ2v) is 13.2. The molecule has 0 amide bonds. The van der Waals surface area contributed by atoms with Crippen LogP contribution < -0.4 is 4.72 Å². The largest absolute Gasteiger partial charge is 0.352 e. The summed E-state index contributed by atoms with van der Waals surface area (Å²) >= 11 is 0. The quantitative estimate of drug-likeness (QED) is 0.250. The third-order valence-corrected chi connectivity index (χ3v) is 9.03. The molecule has 0 spiro atoms. The summed E-state index contributed by atoms with van der Waals surface area (Å²) in [5.41, 5.74) is 3.27. The van der Waals surface area contributed by atoms with Crippen LogP contribution in [-0.2, 0) is 23.0 Å². The Bertz CT molecular complexity index is 1630. The molecule has 2 aromatic carbocycles. The van der Waals surface area contributed by atoms with Gasteiger partial charge in [0.15, 0.2) is 5.78 Å². The van der Waals surface area contributed by atoms with Gasteiger partial charge in [-0.05, 0) is 73.5 Å². The first-order valence-electron chi connectivity index (χ1n) is 14.1. The standard InChI is InChI=1S/C30H37FN6O3S/c1-20(2)15-22-6-9-25(10-7-22)41(39,40)32-12-14-36-13-4-5-23(17-36)18-37-19-28(34-35-37)29-26-16-24(31)8-11-27(26)33-30(29)21(3)38/h6-11,16,19-20,23,32-33H,4-5,12-15,17-18H2,1-3H3. The third kappa shape index (κ3) is 6.91. The molecule has 1 aliphatic rings. The SMILES string of the molecule is CC(=O)c1[nH]c2ccc(F)cc2c1-c1cn(CC2CCCN(CCNS(=O)(=O)c3ccc(CC(C)C)cc3)C2)nn1. The van der Waals surface area contributed by atoms with Crippen molar-refractivity contribution in [3.8, 4) is 11.3 Å². The summed E-state index contributed by atoms with van der Waals surface area (Å²) in [7, 11) is -3.56. The predicted molar refractivity (Wildman–Crippen MR) is 157 cm³/mol. The van der Waals surface area contributed by atoms with E-state index in [0.717, 1.165) is 37.9 Å². The maximum absolute atomic E-state index is 14.0. The van der Waals surface area contributed by atoms with Gasteiger partial charge in [-0.25, -0.2) is 17.5 Å². The van der Waals surface area contributed by atoms with Crippen molar-refractivity contribution >= 4 is 26.7 Å². The molecule has 1 atom stereocenters. The Morgan fingerprint density at radius 1 is 1.20 bits per heavy atom. The molecule has 3 heterocycles. The molecule has 2 aromatic heterocycles. The summed E-state index contributed by atoms with van der Waals surface area (Å²) in [6.45, 7) is 9.07. The topological polar surface area (TPSA) is 113 Å². The number of ketones is 1. The van der Waals surface area contributed by atoms with E-state index in [-0.39, 0.29) is 16.5 Å². The molecule has 0 bridgehead atoms. The number of carbonyl (C=O) groups is 1. The third-order valence-electron chi connectivity index (χ3n) is 7.55. The number of piperidine rings is 1. The number of likely N-dealkylation sites (tertiary alicyclic amines) is 1. The fourth-order valence-corrected chi connectivity index (χ4v) is 6.68. The second-order valence-electron chi connectivity index (χ2n) is 11.4. The van der Waals surface area contributed by atoms with E-state index in [4.69, 9.17) is 0 Å². The Hall–Kier alpha value is -3.41. The van der Waals surface area contributed by atoms with Crippen LogP contribution in [0.4, 0.5) is 4.39 Å². The summed E-state index contributed by atoms with van der Waals surface area (Å²) < 4.78 is 44.1. The number of aromatic amines is 1. The van der Waals surface area contributed by atoms with Gasteiger partial charge in [-0.2, -0.15) is 0 Å². The number of nitrogens with one attached hydrogen (secondary N) is 2. The normalized spacial score (nSPS) is 16.6. The van der Waals surface area contributed by atoms with Crippen LogP contribution in [0.1, 0.15) is 49.7 Å². The Kier molecular flexibility index (Phi) is 8.67. The second kappa shape index (κ2) is 12.2. The van der Waals surface area contributed by atoms with Crippen LogP contribution in [0.2, 0.25) is 0 Å². The van der Waals surface area contributed by atoms with Crippen LogP contribution in [-0.4, -0.2) is 65.3 Å². The zero-order chi connectivity index (χ0) is 29.1. The van der Waals surface area contributed by atoms with Gasteiger partial charge >= 0.3 is 0 Å². The molecule has 0 saturated carbocycles. The maximum atomic E-state index is 14.0. The molecule has 41 heavy (non-hydrogen) atoms. The lowest BCUT2D eigenvalue weighted by Gasteiger charge is -2.32. The Morgan fingerprint density at radius 2 is 1.98 bits per heavy atom. The van der Waals surface area contributed by atoms with Gasteiger partial charge in [0.1, 0.15) is 11.5 Å². The number of aromatic nitrogens is 4. The fraction of sp³-hybridized carbons (Fsp3) is 0.433. The molecule has 9 nitrogen and oxygen atoms in total. The number of sulfonamides is 1. The molecule has 1 unspecified atom stereocenters. The van der Waals surface area contributed by atoms with E-state index in [0.29, 0.717) is 59.3 Å². The van der Waals surface area contributed by atoms with Gasteiger partial charge in [-0.3, -0.25) is 9.48 Å². The van der Waals surface area contributed by atoms with E-state index in [1.807, 2.05) is 12.1 Å². The summed E-state index contributed by atoms with van der Waals surface area (Å²) in [4.78, 5) is 18.0. The average Bonchev–Trinajstić information content (AvgIpc) is 3.53. The highest BCUT2D eigenvalue weighted by Gasteiger charge is 2.23. The van der Waals surface area contributed by atoms with Crippen LogP contribution in [0, 0.1) is 17.7 Å². The number of fused-ring (bicyclic) bond motifs is 1. The molecule has 11 heteroatoms. The van der Waals surface area contributed by atoms with Crippen molar-refractivity contribution < 1.29 is 17.6 Å². The van der Waals surface area contributed by atoms with E-state index in [9.17, 15) is 17.6 Å². The Balaban J connectivity index is 1.18. The number of hydrogen-bond acceptors (Lipinski definition) is 6. The van der Waals surface area contributed by atoms with Crippen molar-refractivity contribution in [2.24, 2.45) is 11.8 Å². The van der Waals surface area contributed by atoms with Crippen LogP contribution in [0.25, 0.3) is 22.2 Å². The van der Waals surface area contributed by atoms with E-state index in [1.54, 1.807) is 29.1 Å². The van der Waals surface area contributed by atoms with Gasteiger partial charge in [0.2, 0.25) is 10.0 Å². The fourth-order valence-electron chi connectivity index (χ4n) is 5.66. The molecule has 5 rings (SSSR count). The summed E-state index contributed by atoms with van der Waals surface area (Å²) in [6.07, 6.45) is 4.76. The highest BCUT2D eigenvalue weighted by Crippen LogP contribution is 2.32. The van der Waals surface area contributed by atoms with E-state index >= 15 is 0 Å². The number of rotatable bonds is 11. The van der Waals surface area contributed by atoms with Crippen LogP contribution in [0.15, 0.2) is 53.6 Å². The molecular weight excluding hydrogens is 543 g/mol. The number of Topliss-reactive ketones (excluding diaryl/α,β-unsaturated/α-hetero) is 1. The first-order chi connectivity index (χ1) is 19.6. The molecular formula is C30H37FN6O3S. The van der Waals surface area contributed by atoms with Crippen molar-refractivity contribution in [3.05, 3.63) is 65.7 Å². The van der Waals surface area contributed by atoms with E-state index < -0.39 is 10.0 Å². The van der Waals surface area contributed by atoms with Gasteiger partial charge in [0, 0.05) is 49.6 Å². The molecule has 1 saturated heterocycles. The van der Waals surface area contributed by atoms with Crippen molar-refractivity contribution in [1.82, 2.24) is 29.6 Å². The lowest BCUT2D eigenvalue weighted by Crippen LogP contribution is -2.41. The smallest absolute Gasteiger partial charge is 0.240 e. The Labute approximate surface area is 240 Å². The monoisotopic (exact) mass is 580 g/mol. The van der Waals surface area contributed by atoms with E-state index in [2.05, 4.69) is 38.8 Å². The lowest BCUT2D eigenvalue weighted by molar-refractivity contribution is 0.101. The van der Waals surface area contributed by atoms with Gasteiger partial charge in [0.25, 0.3) is 0 Å². The van der Waals surface area contributed by atoms with Gasteiger partial charge in [-0.1, -0.05) is 31.2 Å². The van der Waals surface area contributed by atoms with E-state index in [1.165, 1.54) is 19.1 Å². The van der Waals surface area contributed by atoms with Gasteiger partial charge < -0.3 is 9.88 Å². The predicted octanol–water partition coefficient (Wildman–Crippen LogP) is 4.66. The number of H-pyrrole nitrogens is 1. The molecule has 0 radical (unpaired) electrons. The first-order valence-corrected chi connectivity index (χ1v) is 15.6. The van der Waals surface area contributed by atoms with Crippen LogP contribution >= 0.6 is 0 Å². The van der Waals surface area contributed by atoms with Crippen molar-refractivity contribution in [2.45, 2.75) is 51.5 Å². The lowest BCUT2D eigenvalue weighted by atomic mass is 9.98. The zero-order valence-corrected chi connectivity index (χ0v) is 24.5. The van der Waals surface area contributed by atoms with Crippen LogP contribution in [0.3, 0.4) is 0 Å².